The van der Waals surface area contributed by atoms with Gasteiger partial charge in [-0.1, -0.05) is 72.8 Å². The van der Waals surface area contributed by atoms with Crippen molar-refractivity contribution in [3.05, 3.63) is 83.9 Å². The Morgan fingerprint density at radius 3 is 1.31 bits per heavy atom. The molecule has 0 aromatic heterocycles. The molecule has 0 saturated heterocycles. The van der Waals surface area contributed by atoms with Gasteiger partial charge in [0.05, 0.1) is 0 Å². The van der Waals surface area contributed by atoms with Crippen molar-refractivity contribution in [1.82, 2.24) is 0 Å². The van der Waals surface area contributed by atoms with Crippen LogP contribution in [0.2, 0.25) is 0 Å². The fourth-order valence-electron chi connectivity index (χ4n) is 3.67. The summed E-state index contributed by atoms with van der Waals surface area (Å²) in [5.41, 5.74) is 0.456. The topological polar surface area (TPSA) is 109 Å². The third-order valence-electron chi connectivity index (χ3n) is 4.82. The summed E-state index contributed by atoms with van der Waals surface area (Å²) in [6.45, 7) is 0. The van der Waals surface area contributed by atoms with Crippen LogP contribution in [0.1, 0.15) is 11.1 Å². The Bertz CT molecular complexity index is 1360. The van der Waals surface area contributed by atoms with Gasteiger partial charge in [0.25, 0.3) is 20.2 Å². The Kier molecular flexibility index (Phi) is 4.66. The SMILES string of the molecule is O=S(=O)(O)c1c(Cc2ccc3ccccc3c2S(=O)(=O)O)ccc2ccccc12. The molecule has 0 atom stereocenters. The molecule has 2 N–H and O–H groups in total. The summed E-state index contributed by atoms with van der Waals surface area (Å²) < 4.78 is 68.3. The Morgan fingerprint density at radius 1 is 0.552 bits per heavy atom. The van der Waals surface area contributed by atoms with Crippen molar-refractivity contribution in [3.8, 4) is 0 Å². The lowest BCUT2D eigenvalue weighted by molar-refractivity contribution is 0.482. The highest BCUT2D eigenvalue weighted by Gasteiger charge is 2.23. The van der Waals surface area contributed by atoms with E-state index in [-0.39, 0.29) is 27.3 Å². The van der Waals surface area contributed by atoms with Crippen LogP contribution in [0.15, 0.2) is 82.6 Å². The standard InChI is InChI=1S/C21H16O6S2/c22-28(23,24)20-16(11-9-14-5-1-3-7-18(14)20)13-17-12-10-15-6-2-4-8-19(15)21(17)29(25,26)27/h1-12H,13H2,(H,22,23,24)(H,25,26,27). The van der Waals surface area contributed by atoms with E-state index in [1.165, 1.54) is 12.1 Å². The predicted octanol–water partition coefficient (Wildman–Crippen LogP) is 4.08. The molecule has 0 aliphatic heterocycles. The van der Waals surface area contributed by atoms with Gasteiger partial charge in [0.2, 0.25) is 0 Å². The third-order valence-corrected chi connectivity index (χ3v) is 6.82. The first-order valence-electron chi connectivity index (χ1n) is 8.62. The van der Waals surface area contributed by atoms with Crippen molar-refractivity contribution in [1.29, 1.82) is 0 Å². The van der Waals surface area contributed by atoms with Crippen LogP contribution in [-0.2, 0) is 26.7 Å². The lowest BCUT2D eigenvalue weighted by Gasteiger charge is -2.14. The Labute approximate surface area is 167 Å². The van der Waals surface area contributed by atoms with Crippen molar-refractivity contribution in [2.45, 2.75) is 16.2 Å². The minimum Gasteiger partial charge on any atom is -0.282 e. The lowest BCUT2D eigenvalue weighted by atomic mass is 9.98. The van der Waals surface area contributed by atoms with Crippen LogP contribution in [0, 0.1) is 0 Å². The molecule has 148 valence electrons. The van der Waals surface area contributed by atoms with Crippen molar-refractivity contribution in [2.24, 2.45) is 0 Å². The fraction of sp³-hybridized carbons (Fsp3) is 0.0476. The molecule has 0 aliphatic carbocycles. The summed E-state index contributed by atoms with van der Waals surface area (Å²) in [5, 5.41) is 1.91. The molecular formula is C21H16O6S2. The largest absolute Gasteiger partial charge is 0.295 e. The van der Waals surface area contributed by atoms with Gasteiger partial charge in [-0.3, -0.25) is 9.11 Å². The second-order valence-electron chi connectivity index (χ2n) is 6.68. The number of hydrogen-bond acceptors (Lipinski definition) is 4. The molecule has 0 bridgehead atoms. The van der Waals surface area contributed by atoms with E-state index in [0.717, 1.165) is 0 Å². The molecule has 0 saturated carbocycles. The average molecular weight is 428 g/mol. The minimum atomic E-state index is -4.58. The van der Waals surface area contributed by atoms with E-state index in [4.69, 9.17) is 0 Å². The summed E-state index contributed by atoms with van der Waals surface area (Å²) in [6.07, 6.45) is -0.111. The molecular weight excluding hydrogens is 412 g/mol. The van der Waals surface area contributed by atoms with Gasteiger partial charge in [0, 0.05) is 17.2 Å². The highest BCUT2D eigenvalue weighted by Crippen LogP contribution is 2.32. The highest BCUT2D eigenvalue weighted by atomic mass is 32.2. The molecule has 0 unspecified atom stereocenters. The van der Waals surface area contributed by atoms with Gasteiger partial charge in [-0.05, 0) is 21.9 Å². The van der Waals surface area contributed by atoms with Crippen molar-refractivity contribution >= 4 is 41.8 Å². The molecule has 0 amide bonds. The molecule has 4 rings (SSSR count). The molecule has 29 heavy (non-hydrogen) atoms. The first-order valence-corrected chi connectivity index (χ1v) is 11.5. The molecule has 4 aromatic carbocycles. The quantitative estimate of drug-likeness (QED) is 0.474. The van der Waals surface area contributed by atoms with E-state index in [1.807, 2.05) is 0 Å². The van der Waals surface area contributed by atoms with Crippen LogP contribution >= 0.6 is 0 Å². The minimum absolute atomic E-state index is 0.111. The van der Waals surface area contributed by atoms with Crippen LogP contribution in [-0.4, -0.2) is 25.9 Å². The summed E-state index contributed by atoms with van der Waals surface area (Å²) in [5.74, 6) is 0. The molecule has 4 aromatic rings. The average Bonchev–Trinajstić information content (AvgIpc) is 2.65. The maximum Gasteiger partial charge on any atom is 0.295 e. The predicted molar refractivity (Wildman–Crippen MR) is 110 cm³/mol. The lowest BCUT2D eigenvalue weighted by Crippen LogP contribution is -2.08. The molecule has 0 heterocycles. The van der Waals surface area contributed by atoms with Crippen LogP contribution in [0.4, 0.5) is 0 Å². The molecule has 0 aliphatic rings. The van der Waals surface area contributed by atoms with Crippen molar-refractivity contribution in [3.63, 3.8) is 0 Å². The zero-order valence-electron chi connectivity index (χ0n) is 15.0. The van der Waals surface area contributed by atoms with Crippen molar-refractivity contribution in [2.75, 3.05) is 0 Å². The zero-order valence-corrected chi connectivity index (χ0v) is 16.6. The smallest absolute Gasteiger partial charge is 0.282 e. The van der Waals surface area contributed by atoms with Gasteiger partial charge in [0.15, 0.2) is 0 Å². The molecule has 8 heteroatoms. The van der Waals surface area contributed by atoms with Crippen LogP contribution in [0.3, 0.4) is 0 Å². The summed E-state index contributed by atoms with van der Waals surface area (Å²) in [4.78, 5) is -0.546. The first kappa shape index (κ1) is 19.5. The van der Waals surface area contributed by atoms with E-state index >= 15 is 0 Å². The van der Waals surface area contributed by atoms with E-state index in [9.17, 15) is 25.9 Å². The Balaban J connectivity index is 2.01. The van der Waals surface area contributed by atoms with Gasteiger partial charge >= 0.3 is 0 Å². The highest BCUT2D eigenvalue weighted by molar-refractivity contribution is 7.86. The van der Waals surface area contributed by atoms with Gasteiger partial charge in [-0.25, -0.2) is 0 Å². The molecule has 6 nitrogen and oxygen atoms in total. The molecule has 0 spiro atoms. The second kappa shape index (κ2) is 6.93. The maximum absolute atomic E-state index is 12.1. The normalized spacial score (nSPS) is 12.5. The van der Waals surface area contributed by atoms with Gasteiger partial charge in [-0.2, -0.15) is 16.8 Å². The number of fused-ring (bicyclic) bond motifs is 2. The van der Waals surface area contributed by atoms with Crippen LogP contribution in [0.5, 0.6) is 0 Å². The molecule has 0 fully saturated rings. The monoisotopic (exact) mass is 428 g/mol. The summed E-state index contributed by atoms with van der Waals surface area (Å²) >= 11 is 0. The zero-order chi connectivity index (χ0) is 20.8. The van der Waals surface area contributed by atoms with Gasteiger partial charge < -0.3 is 0 Å². The van der Waals surface area contributed by atoms with Crippen LogP contribution < -0.4 is 0 Å². The van der Waals surface area contributed by atoms with E-state index in [1.54, 1.807) is 60.7 Å². The van der Waals surface area contributed by atoms with E-state index in [2.05, 4.69) is 0 Å². The molecule has 0 radical (unpaired) electrons. The van der Waals surface area contributed by atoms with Gasteiger partial charge in [-0.15, -0.1) is 0 Å². The van der Waals surface area contributed by atoms with Crippen molar-refractivity contribution < 1.29 is 25.9 Å². The van der Waals surface area contributed by atoms with Crippen LogP contribution in [0.25, 0.3) is 21.5 Å². The fourth-order valence-corrected chi connectivity index (χ4v) is 5.54. The number of hydrogen-bond donors (Lipinski definition) is 2. The van der Waals surface area contributed by atoms with E-state index in [0.29, 0.717) is 21.5 Å². The first-order chi connectivity index (χ1) is 13.7. The second-order valence-corrected chi connectivity index (χ2v) is 9.39. The summed E-state index contributed by atoms with van der Waals surface area (Å²) in [7, 11) is -9.17. The third kappa shape index (κ3) is 3.63. The van der Waals surface area contributed by atoms with E-state index < -0.39 is 20.2 Å². The number of benzene rings is 4. The summed E-state index contributed by atoms with van der Waals surface area (Å²) in [6, 6.07) is 19.9. The maximum atomic E-state index is 12.1. The number of rotatable bonds is 4. The Morgan fingerprint density at radius 2 is 0.931 bits per heavy atom. The Hall–Kier alpha value is -2.78. The van der Waals surface area contributed by atoms with Gasteiger partial charge in [0.1, 0.15) is 9.79 Å².